The van der Waals surface area contributed by atoms with Crippen molar-refractivity contribution in [2.45, 2.75) is 26.2 Å². The molecule has 0 saturated carbocycles. The zero-order valence-corrected chi connectivity index (χ0v) is 12.4. The fourth-order valence-electron chi connectivity index (χ4n) is 2.46. The Morgan fingerprint density at radius 2 is 2.38 bits per heavy atom. The number of hydrogen-bond donors (Lipinski definition) is 2. The monoisotopic (exact) mass is 293 g/mol. The lowest BCUT2D eigenvalue weighted by atomic mass is 10.00. The van der Waals surface area contributed by atoms with Crippen molar-refractivity contribution in [3.05, 3.63) is 28.3 Å². The van der Waals surface area contributed by atoms with Gasteiger partial charge >= 0.3 is 5.69 Å². The van der Waals surface area contributed by atoms with Gasteiger partial charge in [0.25, 0.3) is 0 Å². The molecule has 1 atom stereocenters. The lowest BCUT2D eigenvalue weighted by molar-refractivity contribution is -0.385. The molecule has 21 heavy (non-hydrogen) atoms. The molecule has 2 rings (SSSR count). The number of benzene rings is 1. The summed E-state index contributed by atoms with van der Waals surface area (Å²) in [5.74, 6) is 0.947. The van der Waals surface area contributed by atoms with E-state index in [0.717, 1.165) is 31.7 Å². The molecule has 0 spiro atoms. The Balaban J connectivity index is 2.00. The van der Waals surface area contributed by atoms with Gasteiger partial charge in [-0.3, -0.25) is 10.1 Å². The van der Waals surface area contributed by atoms with Crippen molar-refractivity contribution in [3.8, 4) is 5.75 Å². The number of nitro benzene ring substituents is 1. The van der Waals surface area contributed by atoms with Crippen LogP contribution in [0.4, 0.5) is 11.4 Å². The number of nitrogens with zero attached hydrogens (tertiary/aromatic N) is 1. The number of hydrogen-bond acceptors (Lipinski definition) is 5. The third kappa shape index (κ3) is 4.60. The molecule has 1 aliphatic heterocycles. The molecule has 6 nitrogen and oxygen atoms in total. The summed E-state index contributed by atoms with van der Waals surface area (Å²) in [7, 11) is 0. The molecule has 1 aromatic rings. The van der Waals surface area contributed by atoms with Gasteiger partial charge in [0.05, 0.1) is 11.5 Å². The highest BCUT2D eigenvalue weighted by Crippen LogP contribution is 2.30. The molecular weight excluding hydrogens is 270 g/mol. The van der Waals surface area contributed by atoms with E-state index in [1.54, 1.807) is 12.1 Å². The van der Waals surface area contributed by atoms with Gasteiger partial charge in [-0.25, -0.2) is 0 Å². The molecule has 1 fully saturated rings. The first-order valence-electron chi connectivity index (χ1n) is 7.56. The summed E-state index contributed by atoms with van der Waals surface area (Å²) in [6.45, 7) is 5.46. The molecule has 1 aromatic carbocycles. The summed E-state index contributed by atoms with van der Waals surface area (Å²) in [4.78, 5) is 10.6. The number of piperidine rings is 1. The van der Waals surface area contributed by atoms with Crippen molar-refractivity contribution in [2.24, 2.45) is 5.92 Å². The average molecular weight is 293 g/mol. The van der Waals surface area contributed by atoms with Crippen LogP contribution in [0.25, 0.3) is 0 Å². The Bertz CT molecular complexity index is 473. The van der Waals surface area contributed by atoms with Crippen molar-refractivity contribution >= 4 is 11.4 Å². The summed E-state index contributed by atoms with van der Waals surface area (Å²) in [5, 5.41) is 17.7. The molecule has 0 aliphatic carbocycles. The molecule has 6 heteroatoms. The molecule has 0 aromatic heterocycles. The van der Waals surface area contributed by atoms with Crippen molar-refractivity contribution < 1.29 is 9.66 Å². The van der Waals surface area contributed by atoms with Crippen LogP contribution in [0.2, 0.25) is 0 Å². The van der Waals surface area contributed by atoms with Crippen LogP contribution < -0.4 is 15.4 Å². The highest BCUT2D eigenvalue weighted by atomic mass is 16.6. The van der Waals surface area contributed by atoms with Gasteiger partial charge in [-0.15, -0.1) is 0 Å². The topological polar surface area (TPSA) is 76.4 Å². The zero-order valence-electron chi connectivity index (χ0n) is 12.4. The summed E-state index contributed by atoms with van der Waals surface area (Å²) >= 11 is 0. The van der Waals surface area contributed by atoms with Gasteiger partial charge in [0.1, 0.15) is 0 Å². The van der Waals surface area contributed by atoms with Gasteiger partial charge in [0.15, 0.2) is 5.75 Å². The third-order valence-corrected chi connectivity index (χ3v) is 3.61. The van der Waals surface area contributed by atoms with E-state index >= 15 is 0 Å². The van der Waals surface area contributed by atoms with Crippen molar-refractivity contribution in [3.63, 3.8) is 0 Å². The van der Waals surface area contributed by atoms with Gasteiger partial charge < -0.3 is 15.4 Å². The molecule has 0 radical (unpaired) electrons. The second-order valence-corrected chi connectivity index (χ2v) is 5.38. The Labute approximate surface area is 125 Å². The first kappa shape index (κ1) is 15.6. The van der Waals surface area contributed by atoms with E-state index in [1.165, 1.54) is 18.9 Å². The van der Waals surface area contributed by atoms with Crippen molar-refractivity contribution in [1.82, 2.24) is 5.32 Å². The molecule has 116 valence electrons. The van der Waals surface area contributed by atoms with Gasteiger partial charge in [0.2, 0.25) is 0 Å². The molecule has 0 amide bonds. The summed E-state index contributed by atoms with van der Waals surface area (Å²) in [5.41, 5.74) is 0.894. The number of nitro groups is 1. The molecule has 0 bridgehead atoms. The first-order valence-corrected chi connectivity index (χ1v) is 7.56. The smallest absolute Gasteiger partial charge is 0.311 e. The van der Waals surface area contributed by atoms with E-state index in [9.17, 15) is 10.1 Å². The van der Waals surface area contributed by atoms with E-state index in [2.05, 4.69) is 10.6 Å². The van der Waals surface area contributed by atoms with Gasteiger partial charge in [-0.1, -0.05) is 6.92 Å². The van der Waals surface area contributed by atoms with Gasteiger partial charge in [-0.05, 0) is 44.3 Å². The Kier molecular flexibility index (Phi) is 5.80. The SMILES string of the molecule is CCCOc1cc(NCC2CCCNC2)ccc1[N+](=O)[O-]. The standard InChI is InChI=1S/C15H23N3O3/c1-2-8-21-15-9-13(5-6-14(15)18(19)20)17-11-12-4-3-7-16-10-12/h5-6,9,12,16-17H,2-4,7-8,10-11H2,1H3. The summed E-state index contributed by atoms with van der Waals surface area (Å²) < 4.78 is 5.49. The van der Waals surface area contributed by atoms with Gasteiger partial charge in [0, 0.05) is 24.4 Å². The normalized spacial score (nSPS) is 18.2. The van der Waals surface area contributed by atoms with Crippen LogP contribution in [0, 0.1) is 16.0 Å². The zero-order chi connectivity index (χ0) is 15.1. The number of nitrogens with one attached hydrogen (secondary N) is 2. The molecular formula is C15H23N3O3. The second kappa shape index (κ2) is 7.83. The van der Waals surface area contributed by atoms with Crippen LogP contribution in [0.5, 0.6) is 5.75 Å². The van der Waals surface area contributed by atoms with E-state index < -0.39 is 4.92 Å². The summed E-state index contributed by atoms with van der Waals surface area (Å²) in [6.07, 6.45) is 3.24. The van der Waals surface area contributed by atoms with Crippen molar-refractivity contribution in [1.29, 1.82) is 0 Å². The van der Waals surface area contributed by atoms with Gasteiger partial charge in [-0.2, -0.15) is 0 Å². The minimum atomic E-state index is -0.403. The third-order valence-electron chi connectivity index (χ3n) is 3.61. The van der Waals surface area contributed by atoms with E-state index in [-0.39, 0.29) is 5.69 Å². The number of ether oxygens (including phenoxy) is 1. The lowest BCUT2D eigenvalue weighted by Gasteiger charge is -2.23. The Hall–Kier alpha value is -1.82. The van der Waals surface area contributed by atoms with E-state index in [0.29, 0.717) is 18.3 Å². The van der Waals surface area contributed by atoms with Crippen LogP contribution in [-0.4, -0.2) is 31.2 Å². The van der Waals surface area contributed by atoms with E-state index in [4.69, 9.17) is 4.74 Å². The maximum atomic E-state index is 11.0. The summed E-state index contributed by atoms with van der Waals surface area (Å²) in [6, 6.07) is 4.98. The van der Waals surface area contributed by atoms with Crippen LogP contribution >= 0.6 is 0 Å². The first-order chi connectivity index (χ1) is 10.2. The van der Waals surface area contributed by atoms with Crippen LogP contribution in [0.3, 0.4) is 0 Å². The average Bonchev–Trinajstić information content (AvgIpc) is 2.51. The molecule has 2 N–H and O–H groups in total. The predicted molar refractivity (Wildman–Crippen MR) is 83.0 cm³/mol. The minimum absolute atomic E-state index is 0.0216. The quantitative estimate of drug-likeness (QED) is 0.597. The Morgan fingerprint density at radius 1 is 1.52 bits per heavy atom. The Morgan fingerprint density at radius 3 is 3.05 bits per heavy atom. The van der Waals surface area contributed by atoms with E-state index in [1.807, 2.05) is 6.92 Å². The predicted octanol–water partition coefficient (Wildman–Crippen LogP) is 2.80. The molecule has 1 saturated heterocycles. The lowest BCUT2D eigenvalue weighted by Crippen LogP contribution is -2.33. The van der Waals surface area contributed by atoms with Crippen LogP contribution in [0.15, 0.2) is 18.2 Å². The molecule has 1 unspecified atom stereocenters. The van der Waals surface area contributed by atoms with Crippen LogP contribution in [-0.2, 0) is 0 Å². The van der Waals surface area contributed by atoms with Crippen LogP contribution in [0.1, 0.15) is 26.2 Å². The highest BCUT2D eigenvalue weighted by molar-refractivity contribution is 5.58. The van der Waals surface area contributed by atoms with Crippen molar-refractivity contribution in [2.75, 3.05) is 31.6 Å². The number of rotatable bonds is 7. The largest absolute Gasteiger partial charge is 0.487 e. The fourth-order valence-corrected chi connectivity index (χ4v) is 2.46. The highest BCUT2D eigenvalue weighted by Gasteiger charge is 2.17. The maximum absolute atomic E-state index is 11.0. The maximum Gasteiger partial charge on any atom is 0.311 e. The molecule has 1 heterocycles. The molecule has 1 aliphatic rings. The number of anilines is 1. The second-order valence-electron chi connectivity index (χ2n) is 5.38. The fraction of sp³-hybridized carbons (Fsp3) is 0.600. The minimum Gasteiger partial charge on any atom is -0.487 e.